The van der Waals surface area contributed by atoms with Gasteiger partial charge in [0.05, 0.1) is 12.0 Å². The summed E-state index contributed by atoms with van der Waals surface area (Å²) in [6.07, 6.45) is -0.289. The van der Waals surface area contributed by atoms with Crippen LogP contribution in [-0.2, 0) is 22.5 Å². The Kier molecular flexibility index (Phi) is 5.58. The lowest BCUT2D eigenvalue weighted by atomic mass is 9.99. The molecule has 2 aromatic carbocycles. The van der Waals surface area contributed by atoms with E-state index in [1.165, 1.54) is 31.7 Å². The Morgan fingerprint density at radius 2 is 1.89 bits per heavy atom. The van der Waals surface area contributed by atoms with E-state index in [0.717, 1.165) is 18.1 Å². The van der Waals surface area contributed by atoms with Crippen molar-refractivity contribution in [2.24, 2.45) is 0 Å². The number of ether oxygens (including phenoxy) is 2. The lowest BCUT2D eigenvalue weighted by molar-refractivity contribution is -0.384. The fourth-order valence-electron chi connectivity index (χ4n) is 3.18. The van der Waals surface area contributed by atoms with Crippen LogP contribution in [0.1, 0.15) is 28.4 Å². The van der Waals surface area contributed by atoms with Gasteiger partial charge < -0.3 is 14.4 Å². The third kappa shape index (κ3) is 3.95. The first kappa shape index (κ1) is 19.3. The van der Waals surface area contributed by atoms with E-state index in [1.54, 1.807) is 4.90 Å². The van der Waals surface area contributed by atoms with Crippen LogP contribution in [0.4, 0.5) is 5.69 Å². The summed E-state index contributed by atoms with van der Waals surface area (Å²) in [4.78, 5) is 37.2. The molecular formula is C20H20N2O6. The average Bonchev–Trinajstić information content (AvgIpc) is 2.72. The maximum absolute atomic E-state index is 12.7. The number of carbonyl (C=O) groups is 2. The van der Waals surface area contributed by atoms with E-state index < -0.39 is 17.0 Å². The van der Waals surface area contributed by atoms with Crippen LogP contribution < -0.4 is 4.74 Å². The van der Waals surface area contributed by atoms with E-state index >= 15 is 0 Å². The molecule has 8 heteroatoms. The van der Waals surface area contributed by atoms with Gasteiger partial charge in [0, 0.05) is 25.2 Å². The number of benzene rings is 2. The molecule has 0 aliphatic carbocycles. The van der Waals surface area contributed by atoms with E-state index in [0.29, 0.717) is 13.1 Å². The van der Waals surface area contributed by atoms with Gasteiger partial charge in [0.2, 0.25) is 0 Å². The number of fused-ring (bicyclic) bond motifs is 1. The van der Waals surface area contributed by atoms with Crippen molar-refractivity contribution in [3.8, 4) is 5.75 Å². The highest BCUT2D eigenvalue weighted by Crippen LogP contribution is 2.25. The van der Waals surface area contributed by atoms with Gasteiger partial charge in [-0.3, -0.25) is 14.9 Å². The number of carbonyl (C=O) groups excluding carboxylic acids is 2. The summed E-state index contributed by atoms with van der Waals surface area (Å²) >= 11 is 0. The van der Waals surface area contributed by atoms with Crippen molar-refractivity contribution in [2.75, 3.05) is 13.7 Å². The molecule has 1 heterocycles. The van der Waals surface area contributed by atoms with Gasteiger partial charge in [-0.05, 0) is 30.5 Å². The molecule has 0 aromatic heterocycles. The van der Waals surface area contributed by atoms with Crippen molar-refractivity contribution in [3.63, 3.8) is 0 Å². The average molecular weight is 384 g/mol. The second-order valence-electron chi connectivity index (χ2n) is 6.47. The number of amides is 1. The number of nitrogens with zero attached hydrogens (tertiary/aromatic N) is 2. The lowest BCUT2D eigenvalue weighted by Gasteiger charge is -2.30. The van der Waals surface area contributed by atoms with Crippen LogP contribution in [0, 0.1) is 10.1 Å². The quantitative estimate of drug-likeness (QED) is 0.446. The number of nitro groups is 1. The minimum atomic E-state index is -1.03. The molecule has 0 spiro atoms. The molecule has 3 rings (SSSR count). The third-order valence-corrected chi connectivity index (χ3v) is 4.69. The summed E-state index contributed by atoms with van der Waals surface area (Å²) in [5, 5.41) is 11.0. The maximum atomic E-state index is 12.7. The molecule has 1 aliphatic heterocycles. The highest BCUT2D eigenvalue weighted by atomic mass is 16.6. The largest absolute Gasteiger partial charge is 0.496 e. The summed E-state index contributed by atoms with van der Waals surface area (Å²) in [7, 11) is 1.34. The van der Waals surface area contributed by atoms with Crippen molar-refractivity contribution in [2.45, 2.75) is 26.0 Å². The molecule has 1 atom stereocenters. The Morgan fingerprint density at radius 3 is 2.57 bits per heavy atom. The number of hydrogen-bond acceptors (Lipinski definition) is 6. The zero-order valence-electron chi connectivity index (χ0n) is 15.6. The van der Waals surface area contributed by atoms with E-state index in [9.17, 15) is 19.7 Å². The molecule has 0 radical (unpaired) electrons. The van der Waals surface area contributed by atoms with Gasteiger partial charge >= 0.3 is 5.97 Å². The summed E-state index contributed by atoms with van der Waals surface area (Å²) in [5.74, 6) is -1.02. The molecule has 0 N–H and O–H groups in total. The molecule has 0 fully saturated rings. The van der Waals surface area contributed by atoms with Gasteiger partial charge in [0.1, 0.15) is 11.3 Å². The van der Waals surface area contributed by atoms with E-state index in [-0.39, 0.29) is 22.9 Å². The summed E-state index contributed by atoms with van der Waals surface area (Å²) in [6.45, 7) is 2.49. The molecule has 28 heavy (non-hydrogen) atoms. The molecule has 0 saturated heterocycles. The van der Waals surface area contributed by atoms with Gasteiger partial charge in [0.25, 0.3) is 11.6 Å². The highest BCUT2D eigenvalue weighted by Gasteiger charge is 2.28. The topological polar surface area (TPSA) is 99.0 Å². The third-order valence-electron chi connectivity index (χ3n) is 4.69. The molecule has 2 aromatic rings. The standard InChI is InChI=1S/C20H20N2O6/c1-13(19(23)21-10-9-14-5-3-4-6-15(14)12-21)28-20(24)17-11-16(22(25)26)7-8-18(17)27-2/h3-8,11,13H,9-10,12H2,1-2H3/t13-/m1/s1. The van der Waals surface area contributed by atoms with Gasteiger partial charge in [0.15, 0.2) is 6.10 Å². The van der Waals surface area contributed by atoms with Gasteiger partial charge in [-0.25, -0.2) is 4.79 Å². The van der Waals surface area contributed by atoms with Crippen LogP contribution in [0.5, 0.6) is 5.75 Å². The Labute approximate surface area is 161 Å². The summed E-state index contributed by atoms with van der Waals surface area (Å²) < 4.78 is 10.4. The number of methoxy groups -OCH3 is 1. The van der Waals surface area contributed by atoms with Crippen LogP contribution in [-0.4, -0.2) is 41.5 Å². The first-order chi connectivity index (χ1) is 13.4. The molecule has 0 bridgehead atoms. The molecule has 0 saturated carbocycles. The Bertz CT molecular complexity index is 927. The van der Waals surface area contributed by atoms with Crippen molar-refractivity contribution in [3.05, 3.63) is 69.3 Å². The SMILES string of the molecule is COc1ccc([N+](=O)[O-])cc1C(=O)O[C@H](C)C(=O)N1CCc2ccccc2C1. The van der Waals surface area contributed by atoms with Crippen LogP contribution in [0.15, 0.2) is 42.5 Å². The summed E-state index contributed by atoms with van der Waals surface area (Å²) in [5.41, 5.74) is 1.92. The molecule has 0 unspecified atom stereocenters. The van der Waals surface area contributed by atoms with Crippen LogP contribution in [0.25, 0.3) is 0 Å². The fourth-order valence-corrected chi connectivity index (χ4v) is 3.18. The van der Waals surface area contributed by atoms with E-state index in [2.05, 4.69) is 0 Å². The predicted octanol–water partition coefficient (Wildman–Crippen LogP) is 2.73. The molecular weight excluding hydrogens is 364 g/mol. The minimum Gasteiger partial charge on any atom is -0.496 e. The first-order valence-electron chi connectivity index (χ1n) is 8.79. The van der Waals surface area contributed by atoms with Crippen LogP contribution in [0.3, 0.4) is 0 Å². The highest BCUT2D eigenvalue weighted by molar-refractivity contribution is 5.95. The van der Waals surface area contributed by atoms with Crippen molar-refractivity contribution in [1.82, 2.24) is 4.90 Å². The van der Waals surface area contributed by atoms with E-state index in [1.807, 2.05) is 24.3 Å². The number of non-ortho nitro benzene ring substituents is 1. The molecule has 8 nitrogen and oxygen atoms in total. The zero-order valence-corrected chi connectivity index (χ0v) is 15.6. The number of esters is 1. The molecule has 1 amide bonds. The normalized spacial score (nSPS) is 14.0. The Hall–Kier alpha value is -3.42. The first-order valence-corrected chi connectivity index (χ1v) is 8.79. The molecule has 1 aliphatic rings. The number of rotatable bonds is 5. The Morgan fingerprint density at radius 1 is 1.18 bits per heavy atom. The monoisotopic (exact) mass is 384 g/mol. The van der Waals surface area contributed by atoms with Crippen molar-refractivity contribution in [1.29, 1.82) is 0 Å². The smallest absolute Gasteiger partial charge is 0.342 e. The maximum Gasteiger partial charge on any atom is 0.342 e. The second kappa shape index (κ2) is 8.08. The molecule has 146 valence electrons. The predicted molar refractivity (Wildman–Crippen MR) is 100 cm³/mol. The summed E-state index contributed by atoms with van der Waals surface area (Å²) in [6, 6.07) is 11.5. The zero-order chi connectivity index (χ0) is 20.3. The number of nitro benzene ring substituents is 1. The second-order valence-corrected chi connectivity index (χ2v) is 6.47. The van der Waals surface area contributed by atoms with Crippen molar-refractivity contribution >= 4 is 17.6 Å². The van der Waals surface area contributed by atoms with E-state index in [4.69, 9.17) is 9.47 Å². The van der Waals surface area contributed by atoms with Crippen molar-refractivity contribution < 1.29 is 24.0 Å². The lowest BCUT2D eigenvalue weighted by Crippen LogP contribution is -2.42. The number of hydrogen-bond donors (Lipinski definition) is 0. The van der Waals surface area contributed by atoms with Gasteiger partial charge in [-0.1, -0.05) is 24.3 Å². The van der Waals surface area contributed by atoms with Gasteiger partial charge in [-0.2, -0.15) is 0 Å². The van der Waals surface area contributed by atoms with Crippen LogP contribution in [0.2, 0.25) is 0 Å². The van der Waals surface area contributed by atoms with Crippen LogP contribution >= 0.6 is 0 Å². The fraction of sp³-hybridized carbons (Fsp3) is 0.300. The Balaban J connectivity index is 1.71. The minimum absolute atomic E-state index is 0.0969. The van der Waals surface area contributed by atoms with Gasteiger partial charge in [-0.15, -0.1) is 0 Å².